The molecule has 4 aliphatic rings. The summed E-state index contributed by atoms with van der Waals surface area (Å²) in [5.41, 5.74) is 5.36. The molecule has 8 heteroatoms. The second kappa shape index (κ2) is 24.7. The van der Waals surface area contributed by atoms with Crippen LogP contribution in [0.15, 0.2) is 121 Å². The molecule has 4 aliphatic heterocycles. The van der Waals surface area contributed by atoms with Gasteiger partial charge in [0.15, 0.2) is 0 Å². The summed E-state index contributed by atoms with van der Waals surface area (Å²) in [7, 11) is 0. The first-order chi connectivity index (χ1) is 30.9. The van der Waals surface area contributed by atoms with Crippen molar-refractivity contribution < 1.29 is 19.2 Å². The molecule has 0 radical (unpaired) electrons. The van der Waals surface area contributed by atoms with Crippen LogP contribution in [-0.2, 0) is 19.2 Å². The van der Waals surface area contributed by atoms with Crippen molar-refractivity contribution in [3.63, 3.8) is 0 Å². The van der Waals surface area contributed by atoms with E-state index in [1.165, 1.54) is 22.3 Å². The molecule has 4 saturated heterocycles. The lowest BCUT2D eigenvalue weighted by Crippen LogP contribution is -2.46. The molecule has 0 aromatic heterocycles. The predicted octanol–water partition coefficient (Wildman–Crippen LogP) is 10.8. The van der Waals surface area contributed by atoms with Gasteiger partial charge in [-0.25, -0.2) is 0 Å². The summed E-state index contributed by atoms with van der Waals surface area (Å²) in [6.45, 7) is 16.7. The first kappa shape index (κ1) is 49.8. The van der Waals surface area contributed by atoms with Gasteiger partial charge in [0, 0.05) is 71.5 Å². The lowest BCUT2D eigenvalue weighted by Gasteiger charge is -2.34. The highest BCUT2D eigenvalue weighted by molar-refractivity contribution is 5.81. The number of rotatable bonds is 8. The molecule has 0 spiro atoms. The van der Waals surface area contributed by atoms with Gasteiger partial charge in [-0.1, -0.05) is 149 Å². The number of hydrogen-bond donors (Lipinski definition) is 4. The van der Waals surface area contributed by atoms with Gasteiger partial charge in [-0.15, -0.1) is 0 Å². The largest absolute Gasteiger partial charge is 0.353 e. The van der Waals surface area contributed by atoms with E-state index in [-0.39, 0.29) is 71.5 Å². The van der Waals surface area contributed by atoms with Gasteiger partial charge in [-0.2, -0.15) is 0 Å². The first-order valence-electron chi connectivity index (χ1n) is 24.3. The van der Waals surface area contributed by atoms with E-state index in [1.807, 2.05) is 24.3 Å². The molecule has 4 N–H and O–H groups in total. The molecule has 4 heterocycles. The minimum absolute atomic E-state index is 0.182. The maximum atomic E-state index is 11.7. The fourth-order valence-corrected chi connectivity index (χ4v) is 10.2. The molecule has 4 aromatic carbocycles. The van der Waals surface area contributed by atoms with Gasteiger partial charge >= 0.3 is 0 Å². The third-order valence-electron chi connectivity index (χ3n) is 14.4. The Morgan fingerprint density at radius 2 is 0.500 bits per heavy atom. The third-order valence-corrected chi connectivity index (χ3v) is 14.4. The van der Waals surface area contributed by atoms with Crippen LogP contribution in [0.25, 0.3) is 0 Å². The number of hydrogen-bond acceptors (Lipinski definition) is 4. The van der Waals surface area contributed by atoms with Crippen molar-refractivity contribution in [2.45, 2.75) is 155 Å². The van der Waals surface area contributed by atoms with Crippen LogP contribution in [0.4, 0.5) is 0 Å². The minimum Gasteiger partial charge on any atom is -0.353 e. The topological polar surface area (TPSA) is 116 Å². The van der Waals surface area contributed by atoms with Crippen molar-refractivity contribution in [2.75, 3.05) is 0 Å². The van der Waals surface area contributed by atoms with Crippen molar-refractivity contribution in [1.29, 1.82) is 0 Å². The van der Waals surface area contributed by atoms with Crippen molar-refractivity contribution in [1.82, 2.24) is 21.3 Å². The van der Waals surface area contributed by atoms with E-state index >= 15 is 0 Å². The second-order valence-electron chi connectivity index (χ2n) is 18.6. The van der Waals surface area contributed by atoms with Crippen LogP contribution < -0.4 is 21.3 Å². The zero-order valence-electron chi connectivity index (χ0n) is 39.8. The van der Waals surface area contributed by atoms with Crippen molar-refractivity contribution in [3.8, 4) is 0 Å². The summed E-state index contributed by atoms with van der Waals surface area (Å²) >= 11 is 0. The number of carbonyl (C=O) groups is 4. The summed E-state index contributed by atoms with van der Waals surface area (Å²) in [6, 6.07) is 42.9. The second-order valence-corrected chi connectivity index (χ2v) is 18.6. The summed E-state index contributed by atoms with van der Waals surface area (Å²) in [4.78, 5) is 46.8. The highest BCUT2D eigenvalue weighted by Gasteiger charge is 2.36. The Labute approximate surface area is 384 Å². The summed E-state index contributed by atoms with van der Waals surface area (Å²) < 4.78 is 0. The normalized spacial score (nSPS) is 29.9. The lowest BCUT2D eigenvalue weighted by atomic mass is 9.79. The standard InChI is InChI=1S/4C14H19NO/c4*1-3-11-9-13(10(2)15-14(11)16)12-7-5-4-6-8-12/h4*4-8,10-11,13H,3,9H2,1-2H3,(H,15,16)/t10-,11+,13+;10-,11+,13-;10-,11-,13+;10-,11-,13-/m1111/s1. The number of piperidine rings is 4. The average Bonchev–Trinajstić information content (AvgIpc) is 3.31. The quantitative estimate of drug-likeness (QED) is 0.141. The fraction of sp³-hybridized carbons (Fsp3) is 0.500. The highest BCUT2D eigenvalue weighted by atomic mass is 16.2. The van der Waals surface area contributed by atoms with Gasteiger partial charge < -0.3 is 21.3 Å². The van der Waals surface area contributed by atoms with Crippen LogP contribution in [0.5, 0.6) is 0 Å². The monoisotopic (exact) mass is 869 g/mol. The molecule has 4 aromatic rings. The number of carbonyl (C=O) groups excluding carboxylic acids is 4. The van der Waals surface area contributed by atoms with Crippen molar-refractivity contribution in [2.24, 2.45) is 23.7 Å². The molecule has 8 nitrogen and oxygen atoms in total. The molecule has 0 bridgehead atoms. The third kappa shape index (κ3) is 13.4. The van der Waals surface area contributed by atoms with Gasteiger partial charge in [-0.05, 0) is 101 Å². The van der Waals surface area contributed by atoms with Gasteiger partial charge in [0.25, 0.3) is 0 Å². The molecule has 0 aliphatic carbocycles. The Balaban J connectivity index is 0.000000161. The lowest BCUT2D eigenvalue weighted by molar-refractivity contribution is -0.129. The Morgan fingerprint density at radius 1 is 0.328 bits per heavy atom. The zero-order valence-corrected chi connectivity index (χ0v) is 39.8. The first-order valence-corrected chi connectivity index (χ1v) is 24.3. The summed E-state index contributed by atoms with van der Waals surface area (Å²) in [5, 5.41) is 12.4. The van der Waals surface area contributed by atoms with Crippen molar-refractivity contribution in [3.05, 3.63) is 144 Å². The minimum atomic E-state index is 0.182. The number of amides is 4. The Kier molecular flexibility index (Phi) is 19.2. The molecule has 4 amide bonds. The van der Waals surface area contributed by atoms with Crippen molar-refractivity contribution >= 4 is 23.6 Å². The van der Waals surface area contributed by atoms with E-state index in [0.29, 0.717) is 23.7 Å². The summed E-state index contributed by atoms with van der Waals surface area (Å²) in [5.74, 6) is 3.47. The van der Waals surface area contributed by atoms with Crippen LogP contribution >= 0.6 is 0 Å². The van der Waals surface area contributed by atoms with E-state index in [4.69, 9.17) is 0 Å². The van der Waals surface area contributed by atoms with E-state index in [1.54, 1.807) is 0 Å². The van der Waals surface area contributed by atoms with Crippen LogP contribution in [0, 0.1) is 23.7 Å². The molecule has 344 valence electrons. The van der Waals surface area contributed by atoms with Crippen LogP contribution in [0.1, 0.15) is 153 Å². The maximum Gasteiger partial charge on any atom is 0.223 e. The van der Waals surface area contributed by atoms with Gasteiger partial charge in [0.1, 0.15) is 0 Å². The molecule has 0 unspecified atom stereocenters. The molecule has 8 rings (SSSR count). The molecule has 12 atom stereocenters. The fourth-order valence-electron chi connectivity index (χ4n) is 10.2. The zero-order chi connectivity index (χ0) is 46.2. The molecule has 0 saturated carbocycles. The SMILES string of the molecule is CC[C@@H]1C[C@@H](c2ccccc2)[C@@H](C)NC1=O.CC[C@@H]1C[C@H](c2ccccc2)[C@@H](C)NC1=O.CC[C@H]1C[C@@H](c2ccccc2)[C@@H](C)NC1=O.CC[C@H]1C[C@H](c2ccccc2)[C@@H](C)NC1=O. The molecular weight excluding hydrogens is 793 g/mol. The Hall–Kier alpha value is -5.24. The molecular formula is C56H76N4O4. The molecule has 4 fully saturated rings. The van der Waals surface area contributed by atoms with Gasteiger partial charge in [0.05, 0.1) is 0 Å². The number of benzene rings is 4. The Bertz CT molecular complexity index is 1740. The number of nitrogens with one attached hydrogen (secondary N) is 4. The average molecular weight is 869 g/mol. The van der Waals surface area contributed by atoms with Crippen LogP contribution in [-0.4, -0.2) is 47.8 Å². The highest BCUT2D eigenvalue weighted by Crippen LogP contribution is 2.35. The Morgan fingerprint density at radius 3 is 0.656 bits per heavy atom. The van der Waals surface area contributed by atoms with Crippen LogP contribution in [0.3, 0.4) is 0 Å². The van der Waals surface area contributed by atoms with Gasteiger partial charge in [0.2, 0.25) is 23.6 Å². The van der Waals surface area contributed by atoms with E-state index in [9.17, 15) is 19.2 Å². The predicted molar refractivity (Wildman–Crippen MR) is 261 cm³/mol. The van der Waals surface area contributed by atoms with E-state index in [0.717, 1.165) is 51.4 Å². The van der Waals surface area contributed by atoms with E-state index in [2.05, 4.69) is 174 Å². The summed E-state index contributed by atoms with van der Waals surface area (Å²) in [6.07, 6.45) is 7.65. The van der Waals surface area contributed by atoms with E-state index < -0.39 is 0 Å². The van der Waals surface area contributed by atoms with Gasteiger partial charge in [-0.3, -0.25) is 19.2 Å². The maximum absolute atomic E-state index is 11.7. The molecule has 64 heavy (non-hydrogen) atoms. The van der Waals surface area contributed by atoms with Crippen LogP contribution in [0.2, 0.25) is 0 Å². The smallest absolute Gasteiger partial charge is 0.223 e.